The van der Waals surface area contributed by atoms with E-state index in [0.29, 0.717) is 24.5 Å². The van der Waals surface area contributed by atoms with Crippen molar-refractivity contribution in [1.29, 1.82) is 0 Å². The molecule has 3 rings (SSSR count). The maximum absolute atomic E-state index is 12.5. The standard InChI is InChI=1S/C23H22N2O3S/c1-2-27-20-13-11-19(12-14-20)24-23(29)25-22(26)18-9-6-10-21(15-18)28-16-17-7-4-3-5-8-17/h3-15H,2,16H2,1H3,(H2,24,25,26,29). The van der Waals surface area contributed by atoms with Gasteiger partial charge in [0.15, 0.2) is 5.11 Å². The molecule has 6 heteroatoms. The van der Waals surface area contributed by atoms with E-state index >= 15 is 0 Å². The lowest BCUT2D eigenvalue weighted by Gasteiger charge is -2.11. The lowest BCUT2D eigenvalue weighted by molar-refractivity contribution is 0.0977. The molecule has 148 valence electrons. The molecule has 0 aliphatic rings. The molecule has 1 amide bonds. The summed E-state index contributed by atoms with van der Waals surface area (Å²) in [5, 5.41) is 5.88. The Morgan fingerprint density at radius 2 is 1.66 bits per heavy atom. The molecule has 0 heterocycles. The number of benzene rings is 3. The van der Waals surface area contributed by atoms with Gasteiger partial charge < -0.3 is 14.8 Å². The predicted octanol–water partition coefficient (Wildman–Crippen LogP) is 4.79. The third-order valence-corrected chi connectivity index (χ3v) is 4.20. The van der Waals surface area contributed by atoms with Crippen molar-refractivity contribution in [1.82, 2.24) is 5.32 Å². The first-order chi connectivity index (χ1) is 14.1. The van der Waals surface area contributed by atoms with Crippen LogP contribution in [0.25, 0.3) is 0 Å². The minimum absolute atomic E-state index is 0.217. The molecule has 29 heavy (non-hydrogen) atoms. The Bertz CT molecular complexity index is 959. The molecular formula is C23H22N2O3S. The van der Waals surface area contributed by atoms with E-state index in [1.807, 2.05) is 67.6 Å². The maximum Gasteiger partial charge on any atom is 0.257 e. The summed E-state index contributed by atoms with van der Waals surface area (Å²) < 4.78 is 11.2. The van der Waals surface area contributed by atoms with Gasteiger partial charge in [-0.05, 0) is 67.2 Å². The van der Waals surface area contributed by atoms with Gasteiger partial charge in [-0.3, -0.25) is 10.1 Å². The van der Waals surface area contributed by atoms with Crippen LogP contribution >= 0.6 is 12.2 Å². The van der Waals surface area contributed by atoms with Gasteiger partial charge in [0.1, 0.15) is 18.1 Å². The van der Waals surface area contributed by atoms with Crippen molar-refractivity contribution < 1.29 is 14.3 Å². The SMILES string of the molecule is CCOc1ccc(NC(=S)NC(=O)c2cccc(OCc3ccccc3)c2)cc1. The molecule has 5 nitrogen and oxygen atoms in total. The van der Waals surface area contributed by atoms with Crippen molar-refractivity contribution in [2.75, 3.05) is 11.9 Å². The molecule has 0 saturated carbocycles. The van der Waals surface area contributed by atoms with Crippen LogP contribution in [0, 0.1) is 0 Å². The number of carbonyl (C=O) groups is 1. The van der Waals surface area contributed by atoms with E-state index in [4.69, 9.17) is 21.7 Å². The minimum atomic E-state index is -0.307. The highest BCUT2D eigenvalue weighted by Gasteiger charge is 2.09. The highest BCUT2D eigenvalue weighted by Crippen LogP contribution is 2.17. The smallest absolute Gasteiger partial charge is 0.257 e. The number of ether oxygens (including phenoxy) is 2. The second-order valence-corrected chi connectivity index (χ2v) is 6.58. The quantitative estimate of drug-likeness (QED) is 0.553. The molecule has 0 atom stereocenters. The fourth-order valence-corrected chi connectivity index (χ4v) is 2.82. The first kappa shape index (κ1) is 20.4. The molecule has 0 aromatic heterocycles. The van der Waals surface area contributed by atoms with Crippen molar-refractivity contribution in [3.63, 3.8) is 0 Å². The van der Waals surface area contributed by atoms with Gasteiger partial charge in [-0.1, -0.05) is 36.4 Å². The molecular weight excluding hydrogens is 384 g/mol. The molecule has 0 aliphatic carbocycles. The molecule has 3 aromatic rings. The van der Waals surface area contributed by atoms with Gasteiger partial charge in [0.05, 0.1) is 6.61 Å². The normalized spacial score (nSPS) is 10.1. The van der Waals surface area contributed by atoms with Crippen molar-refractivity contribution in [3.05, 3.63) is 90.0 Å². The van der Waals surface area contributed by atoms with E-state index in [1.165, 1.54) is 0 Å². The van der Waals surface area contributed by atoms with Gasteiger partial charge in [0, 0.05) is 11.3 Å². The highest BCUT2D eigenvalue weighted by atomic mass is 32.1. The summed E-state index contributed by atoms with van der Waals surface area (Å²) in [4.78, 5) is 12.5. The van der Waals surface area contributed by atoms with Crippen LogP contribution in [-0.4, -0.2) is 17.6 Å². The Balaban J connectivity index is 1.55. The molecule has 0 saturated heterocycles. The van der Waals surface area contributed by atoms with E-state index in [9.17, 15) is 4.79 Å². The largest absolute Gasteiger partial charge is 0.494 e. The molecule has 0 spiro atoms. The Hall–Kier alpha value is -3.38. The van der Waals surface area contributed by atoms with Crippen molar-refractivity contribution >= 4 is 28.9 Å². The number of thiocarbonyl (C=S) groups is 1. The fourth-order valence-electron chi connectivity index (χ4n) is 2.61. The van der Waals surface area contributed by atoms with Crippen LogP contribution in [0.2, 0.25) is 0 Å². The number of nitrogens with one attached hydrogen (secondary N) is 2. The number of hydrogen-bond donors (Lipinski definition) is 2. The Kier molecular flexibility index (Phi) is 7.19. The molecule has 0 aliphatic heterocycles. The van der Waals surface area contributed by atoms with Crippen LogP contribution in [0.1, 0.15) is 22.8 Å². The Labute approximate surface area is 175 Å². The minimum Gasteiger partial charge on any atom is -0.494 e. The number of rotatable bonds is 7. The van der Waals surface area contributed by atoms with Crippen LogP contribution < -0.4 is 20.1 Å². The van der Waals surface area contributed by atoms with Gasteiger partial charge in [-0.15, -0.1) is 0 Å². The first-order valence-corrected chi connectivity index (χ1v) is 9.67. The second kappa shape index (κ2) is 10.2. The molecule has 3 aromatic carbocycles. The summed E-state index contributed by atoms with van der Waals surface area (Å²) in [6.45, 7) is 2.97. The summed E-state index contributed by atoms with van der Waals surface area (Å²) in [6, 6.07) is 24.2. The number of hydrogen-bond acceptors (Lipinski definition) is 4. The molecule has 0 radical (unpaired) electrons. The molecule has 0 fully saturated rings. The van der Waals surface area contributed by atoms with Gasteiger partial charge in [-0.2, -0.15) is 0 Å². The van der Waals surface area contributed by atoms with Crippen LogP contribution in [0.15, 0.2) is 78.9 Å². The maximum atomic E-state index is 12.5. The first-order valence-electron chi connectivity index (χ1n) is 9.26. The predicted molar refractivity (Wildman–Crippen MR) is 119 cm³/mol. The van der Waals surface area contributed by atoms with E-state index in [1.54, 1.807) is 18.2 Å². The van der Waals surface area contributed by atoms with Gasteiger partial charge in [0.2, 0.25) is 0 Å². The Morgan fingerprint density at radius 3 is 2.38 bits per heavy atom. The van der Waals surface area contributed by atoms with Gasteiger partial charge in [0.25, 0.3) is 5.91 Å². The highest BCUT2D eigenvalue weighted by molar-refractivity contribution is 7.80. The molecule has 0 unspecified atom stereocenters. The van der Waals surface area contributed by atoms with Crippen LogP contribution in [0.5, 0.6) is 11.5 Å². The fraction of sp³-hybridized carbons (Fsp3) is 0.130. The van der Waals surface area contributed by atoms with Crippen molar-refractivity contribution in [3.8, 4) is 11.5 Å². The van der Waals surface area contributed by atoms with Crippen LogP contribution in [0.3, 0.4) is 0 Å². The van der Waals surface area contributed by atoms with Crippen molar-refractivity contribution in [2.45, 2.75) is 13.5 Å². The number of anilines is 1. The summed E-state index contributed by atoms with van der Waals surface area (Å²) in [5.41, 5.74) is 2.29. The lowest BCUT2D eigenvalue weighted by Crippen LogP contribution is -2.34. The second-order valence-electron chi connectivity index (χ2n) is 6.17. The molecule has 0 bridgehead atoms. The summed E-state index contributed by atoms with van der Waals surface area (Å²) >= 11 is 5.24. The van der Waals surface area contributed by atoms with Crippen molar-refractivity contribution in [2.24, 2.45) is 0 Å². The zero-order chi connectivity index (χ0) is 20.5. The third-order valence-electron chi connectivity index (χ3n) is 3.99. The van der Waals surface area contributed by atoms with Crippen LogP contribution in [0.4, 0.5) is 5.69 Å². The number of amides is 1. The Morgan fingerprint density at radius 1 is 0.897 bits per heavy atom. The molecule has 2 N–H and O–H groups in total. The van der Waals surface area contributed by atoms with Gasteiger partial charge in [-0.25, -0.2) is 0 Å². The van der Waals surface area contributed by atoms with E-state index < -0.39 is 0 Å². The topological polar surface area (TPSA) is 59.6 Å². The third kappa shape index (κ3) is 6.33. The summed E-state index contributed by atoms with van der Waals surface area (Å²) in [6.07, 6.45) is 0. The number of carbonyl (C=O) groups excluding carboxylic acids is 1. The zero-order valence-electron chi connectivity index (χ0n) is 16.1. The summed E-state index contributed by atoms with van der Waals surface area (Å²) in [5.74, 6) is 1.09. The average molecular weight is 407 g/mol. The van der Waals surface area contributed by atoms with E-state index in [0.717, 1.165) is 17.0 Å². The monoisotopic (exact) mass is 406 g/mol. The summed E-state index contributed by atoms with van der Waals surface area (Å²) in [7, 11) is 0. The van der Waals surface area contributed by atoms with E-state index in [-0.39, 0.29) is 11.0 Å². The lowest BCUT2D eigenvalue weighted by atomic mass is 10.2. The van der Waals surface area contributed by atoms with Gasteiger partial charge >= 0.3 is 0 Å². The zero-order valence-corrected chi connectivity index (χ0v) is 16.9. The van der Waals surface area contributed by atoms with E-state index in [2.05, 4.69) is 10.6 Å². The van der Waals surface area contributed by atoms with Crippen LogP contribution in [-0.2, 0) is 6.61 Å². The average Bonchev–Trinajstić information content (AvgIpc) is 2.75.